The van der Waals surface area contributed by atoms with Crippen molar-refractivity contribution in [3.8, 4) is 0 Å². The highest BCUT2D eigenvalue weighted by Gasteiger charge is 2.27. The molecule has 0 spiro atoms. The number of nitrogens with zero attached hydrogens (tertiary/aromatic N) is 1. The molecule has 1 aromatic rings. The quantitative estimate of drug-likeness (QED) is 0.379. The number of carbonyl (C=O) groups is 4. The molecule has 0 unspecified atom stereocenters. The molecule has 1 saturated carbocycles. The van der Waals surface area contributed by atoms with E-state index >= 15 is 0 Å². The number of allylic oxidation sites excluding steroid dienone is 1. The fourth-order valence-electron chi connectivity index (χ4n) is 3.75. The molecular weight excluding hydrogens is 408 g/mol. The van der Waals surface area contributed by atoms with Gasteiger partial charge in [0.1, 0.15) is 6.29 Å². The molecule has 0 aliphatic heterocycles. The molecule has 1 aromatic carbocycles. The van der Waals surface area contributed by atoms with Crippen molar-refractivity contribution in [2.45, 2.75) is 45.2 Å². The molecule has 1 aliphatic rings. The molecule has 1 atom stereocenters. The van der Waals surface area contributed by atoms with E-state index in [0.717, 1.165) is 36.9 Å². The Morgan fingerprint density at radius 3 is 2.38 bits per heavy atom. The number of likely N-dealkylation sites (N-methyl/N-ethyl adjacent to an activating group) is 2. The van der Waals surface area contributed by atoms with Gasteiger partial charge >= 0.3 is 0 Å². The first kappa shape index (κ1) is 25.3. The van der Waals surface area contributed by atoms with E-state index in [-0.39, 0.29) is 29.7 Å². The van der Waals surface area contributed by atoms with Gasteiger partial charge in [-0.15, -0.1) is 0 Å². The van der Waals surface area contributed by atoms with E-state index in [2.05, 4.69) is 16.0 Å². The Kier molecular flexibility index (Phi) is 10.1. The van der Waals surface area contributed by atoms with Gasteiger partial charge in [0.2, 0.25) is 17.7 Å². The van der Waals surface area contributed by atoms with Crippen LogP contribution in [0.2, 0.25) is 0 Å². The lowest BCUT2D eigenvalue weighted by Gasteiger charge is -2.30. The van der Waals surface area contributed by atoms with Crippen LogP contribution in [0, 0.1) is 11.8 Å². The molecular formula is C24H34N4O4. The molecule has 32 heavy (non-hydrogen) atoms. The van der Waals surface area contributed by atoms with E-state index in [4.69, 9.17) is 0 Å². The average molecular weight is 443 g/mol. The normalized spacial score (nSPS) is 19.2. The Bertz CT molecular complexity index is 814. The molecule has 2 rings (SSSR count). The maximum atomic E-state index is 12.6. The van der Waals surface area contributed by atoms with Gasteiger partial charge in [-0.25, -0.2) is 0 Å². The third-order valence-electron chi connectivity index (χ3n) is 5.96. The standard InChI is InChI=1S/C24H34N4O4/c1-17(25-2)23(31)27-21-12-8-18(9-13-21)15-26-24(32)20-10-6-19(7-11-20)16-28(3)22(30)5-4-14-29/h4-5,8-9,12-14,17,19-20,25H,6-7,10-11,15-16H2,1-3H3,(H,26,32)(H,27,31)/b5-4-/t17-,19?,20?/m0/s1. The summed E-state index contributed by atoms with van der Waals surface area (Å²) in [5.41, 5.74) is 1.69. The van der Waals surface area contributed by atoms with Crippen LogP contribution in [0.5, 0.6) is 0 Å². The third-order valence-corrected chi connectivity index (χ3v) is 5.96. The minimum atomic E-state index is -0.274. The fraction of sp³-hybridized carbons (Fsp3) is 0.500. The van der Waals surface area contributed by atoms with Gasteiger partial charge in [0.05, 0.1) is 6.04 Å². The van der Waals surface area contributed by atoms with Crippen LogP contribution in [0.25, 0.3) is 0 Å². The Labute approximate surface area is 189 Å². The maximum absolute atomic E-state index is 12.6. The van der Waals surface area contributed by atoms with Gasteiger partial charge in [-0.2, -0.15) is 0 Å². The minimum Gasteiger partial charge on any atom is -0.352 e. The molecule has 174 valence electrons. The van der Waals surface area contributed by atoms with Crippen molar-refractivity contribution >= 4 is 29.7 Å². The summed E-state index contributed by atoms with van der Waals surface area (Å²) >= 11 is 0. The summed E-state index contributed by atoms with van der Waals surface area (Å²) in [6.45, 7) is 2.87. The highest BCUT2D eigenvalue weighted by molar-refractivity contribution is 5.94. The smallest absolute Gasteiger partial charge is 0.246 e. The third kappa shape index (κ3) is 7.92. The van der Waals surface area contributed by atoms with Gasteiger partial charge in [-0.05, 0) is 69.3 Å². The molecule has 1 fully saturated rings. The van der Waals surface area contributed by atoms with Crippen molar-refractivity contribution in [2.24, 2.45) is 11.8 Å². The number of benzene rings is 1. The molecule has 0 radical (unpaired) electrons. The average Bonchev–Trinajstić information content (AvgIpc) is 2.81. The second kappa shape index (κ2) is 12.8. The maximum Gasteiger partial charge on any atom is 0.246 e. The number of anilines is 1. The zero-order valence-corrected chi connectivity index (χ0v) is 19.1. The Morgan fingerprint density at radius 2 is 1.78 bits per heavy atom. The number of nitrogens with one attached hydrogen (secondary N) is 3. The monoisotopic (exact) mass is 442 g/mol. The van der Waals surface area contributed by atoms with Gasteiger partial charge < -0.3 is 20.9 Å². The Hall–Kier alpha value is -3.00. The van der Waals surface area contributed by atoms with Gasteiger partial charge in [0.15, 0.2) is 0 Å². The summed E-state index contributed by atoms with van der Waals surface area (Å²) < 4.78 is 0. The summed E-state index contributed by atoms with van der Waals surface area (Å²) in [4.78, 5) is 48.3. The minimum absolute atomic E-state index is 0.0104. The Morgan fingerprint density at radius 1 is 1.12 bits per heavy atom. The van der Waals surface area contributed by atoms with Crippen molar-refractivity contribution in [2.75, 3.05) is 26.0 Å². The summed E-state index contributed by atoms with van der Waals surface area (Å²) in [5, 5.41) is 8.74. The topological polar surface area (TPSA) is 108 Å². The number of carbonyl (C=O) groups excluding carboxylic acids is 4. The van der Waals surface area contributed by atoms with Crippen LogP contribution in [-0.4, -0.2) is 55.6 Å². The summed E-state index contributed by atoms with van der Waals surface area (Å²) in [7, 11) is 3.46. The molecule has 1 aliphatic carbocycles. The van der Waals surface area contributed by atoms with Crippen LogP contribution in [0.15, 0.2) is 36.4 Å². The number of hydrogen-bond acceptors (Lipinski definition) is 5. The first-order valence-electron chi connectivity index (χ1n) is 11.1. The van der Waals surface area contributed by atoms with E-state index in [1.54, 1.807) is 25.9 Å². The summed E-state index contributed by atoms with van der Waals surface area (Å²) in [5.74, 6) is 0.132. The second-order valence-electron chi connectivity index (χ2n) is 8.35. The van der Waals surface area contributed by atoms with Gasteiger partial charge in [0, 0.05) is 37.8 Å². The first-order valence-corrected chi connectivity index (χ1v) is 11.1. The van der Waals surface area contributed by atoms with Crippen LogP contribution in [0.1, 0.15) is 38.2 Å². The summed E-state index contributed by atoms with van der Waals surface area (Å²) in [6.07, 6.45) is 6.46. The largest absolute Gasteiger partial charge is 0.352 e. The Balaban J connectivity index is 1.73. The van der Waals surface area contributed by atoms with Gasteiger partial charge in [0.25, 0.3) is 0 Å². The molecule has 0 saturated heterocycles. The number of aldehydes is 1. The fourth-order valence-corrected chi connectivity index (χ4v) is 3.75. The number of amides is 3. The zero-order chi connectivity index (χ0) is 23.5. The van der Waals surface area contributed by atoms with E-state index < -0.39 is 0 Å². The SMILES string of the molecule is CN[C@@H](C)C(=O)Nc1ccc(CNC(=O)C2CCC(CN(C)C(=O)/C=C\C=O)CC2)cc1. The zero-order valence-electron chi connectivity index (χ0n) is 19.1. The molecule has 0 bridgehead atoms. The van der Waals surface area contributed by atoms with Crippen LogP contribution < -0.4 is 16.0 Å². The molecule has 0 aromatic heterocycles. The van der Waals surface area contributed by atoms with E-state index in [1.807, 2.05) is 24.3 Å². The van der Waals surface area contributed by atoms with E-state index in [0.29, 0.717) is 25.3 Å². The van der Waals surface area contributed by atoms with Crippen LogP contribution >= 0.6 is 0 Å². The van der Waals surface area contributed by atoms with Gasteiger partial charge in [-0.1, -0.05) is 12.1 Å². The number of rotatable bonds is 10. The van der Waals surface area contributed by atoms with Crippen LogP contribution in [0.4, 0.5) is 5.69 Å². The first-order chi connectivity index (χ1) is 15.3. The number of hydrogen-bond donors (Lipinski definition) is 3. The molecule has 3 amide bonds. The predicted molar refractivity (Wildman–Crippen MR) is 124 cm³/mol. The van der Waals surface area contributed by atoms with Crippen LogP contribution in [-0.2, 0) is 25.7 Å². The van der Waals surface area contributed by atoms with Crippen molar-refractivity contribution in [3.05, 3.63) is 42.0 Å². The molecule has 8 nitrogen and oxygen atoms in total. The van der Waals surface area contributed by atoms with E-state index in [9.17, 15) is 19.2 Å². The lowest BCUT2D eigenvalue weighted by molar-refractivity contribution is -0.128. The van der Waals surface area contributed by atoms with Crippen molar-refractivity contribution in [1.82, 2.24) is 15.5 Å². The molecule has 3 N–H and O–H groups in total. The lowest BCUT2D eigenvalue weighted by Crippen LogP contribution is -2.36. The predicted octanol–water partition coefficient (Wildman–Crippen LogP) is 1.87. The summed E-state index contributed by atoms with van der Waals surface area (Å²) in [6, 6.07) is 7.17. The highest BCUT2D eigenvalue weighted by Crippen LogP contribution is 2.29. The second-order valence-corrected chi connectivity index (χ2v) is 8.35. The van der Waals surface area contributed by atoms with Crippen molar-refractivity contribution < 1.29 is 19.2 Å². The molecule has 8 heteroatoms. The van der Waals surface area contributed by atoms with Crippen molar-refractivity contribution in [1.29, 1.82) is 0 Å². The van der Waals surface area contributed by atoms with E-state index in [1.165, 1.54) is 12.2 Å². The van der Waals surface area contributed by atoms with Gasteiger partial charge in [-0.3, -0.25) is 19.2 Å². The van der Waals surface area contributed by atoms with Crippen molar-refractivity contribution in [3.63, 3.8) is 0 Å². The molecule has 0 heterocycles. The lowest BCUT2D eigenvalue weighted by atomic mass is 9.81. The van der Waals surface area contributed by atoms with Crippen LogP contribution in [0.3, 0.4) is 0 Å². The highest BCUT2D eigenvalue weighted by atomic mass is 16.2.